The summed E-state index contributed by atoms with van der Waals surface area (Å²) in [7, 11) is 0. The van der Waals surface area contributed by atoms with E-state index in [-0.39, 0.29) is 18.4 Å². The van der Waals surface area contributed by atoms with Gasteiger partial charge in [0.2, 0.25) is 5.91 Å². The minimum Gasteiger partial charge on any atom is -0.481 e. The minimum atomic E-state index is -0.811. The van der Waals surface area contributed by atoms with Crippen LogP contribution in [-0.4, -0.2) is 29.7 Å². The zero-order valence-electron chi connectivity index (χ0n) is 14.2. The Kier molecular flexibility index (Phi) is 8.33. The predicted octanol–water partition coefficient (Wildman–Crippen LogP) is 3.48. The zero-order chi connectivity index (χ0) is 17.2. The highest BCUT2D eigenvalue weighted by Gasteiger charge is 2.07. The molecule has 0 fully saturated rings. The van der Waals surface area contributed by atoms with Crippen LogP contribution in [0.15, 0.2) is 24.3 Å². The zero-order valence-corrected chi connectivity index (χ0v) is 14.2. The van der Waals surface area contributed by atoms with E-state index in [1.807, 2.05) is 19.1 Å². The van der Waals surface area contributed by atoms with Crippen LogP contribution < -0.4 is 5.32 Å². The molecule has 0 saturated heterocycles. The molecule has 5 heteroatoms. The van der Waals surface area contributed by atoms with Crippen molar-refractivity contribution in [1.82, 2.24) is 0 Å². The summed E-state index contributed by atoms with van der Waals surface area (Å²) in [6, 6.07) is 7.24. The van der Waals surface area contributed by atoms with E-state index in [1.54, 1.807) is 12.1 Å². The molecule has 2 N–H and O–H groups in total. The summed E-state index contributed by atoms with van der Waals surface area (Å²) in [6.45, 7) is 6.73. The van der Waals surface area contributed by atoms with Crippen molar-refractivity contribution in [2.75, 3.05) is 11.9 Å². The van der Waals surface area contributed by atoms with E-state index in [0.717, 1.165) is 12.0 Å². The van der Waals surface area contributed by atoms with Crippen molar-refractivity contribution in [2.45, 2.75) is 52.6 Å². The molecule has 5 nitrogen and oxygen atoms in total. The lowest BCUT2D eigenvalue weighted by molar-refractivity contribution is -0.137. The number of anilines is 1. The molecule has 1 unspecified atom stereocenters. The van der Waals surface area contributed by atoms with Crippen molar-refractivity contribution in [3.05, 3.63) is 29.8 Å². The standard InChI is InChI=1S/C18H27NO4/c1-13(2)12-14(3)23-11-10-17(20)19-16-7-4-15(5-8-16)6-9-18(21)22/h4-5,7-8,13-14H,6,9-12H2,1-3H3,(H,19,20)(H,21,22). The summed E-state index contributed by atoms with van der Waals surface area (Å²) < 4.78 is 5.62. The first-order valence-electron chi connectivity index (χ1n) is 8.09. The Morgan fingerprint density at radius 3 is 2.35 bits per heavy atom. The van der Waals surface area contributed by atoms with Crippen molar-refractivity contribution in [3.63, 3.8) is 0 Å². The Morgan fingerprint density at radius 1 is 1.13 bits per heavy atom. The second kappa shape index (κ2) is 10.0. The third-order valence-corrected chi connectivity index (χ3v) is 3.40. The molecule has 1 atom stereocenters. The quantitative estimate of drug-likeness (QED) is 0.692. The third kappa shape index (κ3) is 8.98. The average molecular weight is 321 g/mol. The monoisotopic (exact) mass is 321 g/mol. The van der Waals surface area contributed by atoms with E-state index >= 15 is 0 Å². The van der Waals surface area contributed by atoms with E-state index in [2.05, 4.69) is 19.2 Å². The molecule has 0 spiro atoms. The van der Waals surface area contributed by atoms with Crippen LogP contribution in [0.25, 0.3) is 0 Å². The van der Waals surface area contributed by atoms with E-state index in [0.29, 0.717) is 31.1 Å². The van der Waals surface area contributed by atoms with Gasteiger partial charge < -0.3 is 15.2 Å². The molecule has 0 radical (unpaired) electrons. The molecule has 0 saturated carbocycles. The summed E-state index contributed by atoms with van der Waals surface area (Å²) in [5, 5.41) is 11.5. The van der Waals surface area contributed by atoms with Gasteiger partial charge in [0, 0.05) is 12.1 Å². The molecule has 23 heavy (non-hydrogen) atoms. The Hall–Kier alpha value is -1.88. The van der Waals surface area contributed by atoms with E-state index in [9.17, 15) is 9.59 Å². The van der Waals surface area contributed by atoms with Crippen molar-refractivity contribution < 1.29 is 19.4 Å². The average Bonchev–Trinajstić information content (AvgIpc) is 2.45. The largest absolute Gasteiger partial charge is 0.481 e. The molecule has 1 amide bonds. The lowest BCUT2D eigenvalue weighted by Gasteiger charge is -2.15. The molecule has 0 bridgehead atoms. The number of carboxylic acids is 1. The normalized spacial score (nSPS) is 12.2. The van der Waals surface area contributed by atoms with Gasteiger partial charge in [0.1, 0.15) is 0 Å². The molecular weight excluding hydrogens is 294 g/mol. The molecule has 1 aromatic rings. The molecule has 0 heterocycles. The number of aliphatic carboxylic acids is 1. The topological polar surface area (TPSA) is 75.6 Å². The number of amides is 1. The van der Waals surface area contributed by atoms with Gasteiger partial charge in [-0.15, -0.1) is 0 Å². The highest BCUT2D eigenvalue weighted by atomic mass is 16.5. The highest BCUT2D eigenvalue weighted by Crippen LogP contribution is 2.12. The van der Waals surface area contributed by atoms with Gasteiger partial charge in [-0.1, -0.05) is 26.0 Å². The third-order valence-electron chi connectivity index (χ3n) is 3.40. The van der Waals surface area contributed by atoms with Gasteiger partial charge in [0.05, 0.1) is 19.1 Å². The Morgan fingerprint density at radius 2 is 1.78 bits per heavy atom. The first kappa shape index (κ1) is 19.2. The number of carboxylic acid groups (broad SMARTS) is 1. The molecule has 0 aliphatic heterocycles. The van der Waals surface area contributed by atoms with Crippen LogP contribution in [0.5, 0.6) is 0 Å². The lowest BCUT2D eigenvalue weighted by Crippen LogP contribution is -2.18. The van der Waals surface area contributed by atoms with Crippen LogP contribution in [0.4, 0.5) is 5.69 Å². The van der Waals surface area contributed by atoms with Gasteiger partial charge in [-0.05, 0) is 43.4 Å². The number of carbonyl (C=O) groups excluding carboxylic acids is 1. The number of hydrogen-bond acceptors (Lipinski definition) is 3. The molecule has 0 aromatic heterocycles. The number of carbonyl (C=O) groups is 2. The Balaban J connectivity index is 2.30. The number of nitrogens with one attached hydrogen (secondary N) is 1. The van der Waals surface area contributed by atoms with E-state index in [4.69, 9.17) is 9.84 Å². The maximum atomic E-state index is 11.8. The molecule has 128 valence electrons. The molecule has 0 aliphatic carbocycles. The second-order valence-corrected chi connectivity index (χ2v) is 6.20. The predicted molar refractivity (Wildman–Crippen MR) is 90.5 cm³/mol. The number of benzene rings is 1. The fourth-order valence-electron chi connectivity index (χ4n) is 2.31. The second-order valence-electron chi connectivity index (χ2n) is 6.20. The number of rotatable bonds is 10. The fourth-order valence-corrected chi connectivity index (χ4v) is 2.31. The van der Waals surface area contributed by atoms with E-state index < -0.39 is 5.97 Å². The first-order valence-corrected chi connectivity index (χ1v) is 8.09. The summed E-state index contributed by atoms with van der Waals surface area (Å²) in [6.07, 6.45) is 2.07. The van der Waals surface area contributed by atoms with Gasteiger partial charge in [0.25, 0.3) is 0 Å². The summed E-state index contributed by atoms with van der Waals surface area (Å²) in [5.74, 6) is -0.312. The molecule has 1 rings (SSSR count). The van der Waals surface area contributed by atoms with Crippen LogP contribution in [0, 0.1) is 5.92 Å². The van der Waals surface area contributed by atoms with Gasteiger partial charge in [0.15, 0.2) is 0 Å². The van der Waals surface area contributed by atoms with Gasteiger partial charge in [-0.3, -0.25) is 9.59 Å². The van der Waals surface area contributed by atoms with Crippen molar-refractivity contribution >= 4 is 17.6 Å². The SMILES string of the molecule is CC(C)CC(C)OCCC(=O)Nc1ccc(CCC(=O)O)cc1. The smallest absolute Gasteiger partial charge is 0.303 e. The van der Waals surface area contributed by atoms with Crippen LogP contribution in [0.3, 0.4) is 0 Å². The Bertz CT molecular complexity index is 496. The van der Waals surface area contributed by atoms with Crippen LogP contribution in [-0.2, 0) is 20.7 Å². The maximum Gasteiger partial charge on any atom is 0.303 e. The van der Waals surface area contributed by atoms with Crippen molar-refractivity contribution in [2.24, 2.45) is 5.92 Å². The van der Waals surface area contributed by atoms with Crippen LogP contribution in [0.2, 0.25) is 0 Å². The number of ether oxygens (including phenoxy) is 1. The van der Waals surface area contributed by atoms with Gasteiger partial charge in [-0.25, -0.2) is 0 Å². The summed E-state index contributed by atoms with van der Waals surface area (Å²) >= 11 is 0. The van der Waals surface area contributed by atoms with E-state index in [1.165, 1.54) is 0 Å². The van der Waals surface area contributed by atoms with Crippen LogP contribution >= 0.6 is 0 Å². The molecule has 0 aliphatic rings. The lowest BCUT2D eigenvalue weighted by atomic mass is 10.1. The minimum absolute atomic E-state index is 0.0833. The van der Waals surface area contributed by atoms with Gasteiger partial charge >= 0.3 is 5.97 Å². The first-order chi connectivity index (χ1) is 10.9. The fraction of sp³-hybridized carbons (Fsp3) is 0.556. The van der Waals surface area contributed by atoms with Gasteiger partial charge in [-0.2, -0.15) is 0 Å². The Labute approximate surface area is 138 Å². The molecule has 1 aromatic carbocycles. The summed E-state index contributed by atoms with van der Waals surface area (Å²) in [5.41, 5.74) is 1.65. The van der Waals surface area contributed by atoms with Crippen LogP contribution in [0.1, 0.15) is 45.6 Å². The molecular formula is C18H27NO4. The highest BCUT2D eigenvalue weighted by molar-refractivity contribution is 5.90. The number of hydrogen-bond donors (Lipinski definition) is 2. The number of aryl methyl sites for hydroxylation is 1. The van der Waals surface area contributed by atoms with Crippen molar-refractivity contribution in [3.8, 4) is 0 Å². The van der Waals surface area contributed by atoms with Crippen molar-refractivity contribution in [1.29, 1.82) is 0 Å². The maximum absolute atomic E-state index is 11.8. The summed E-state index contributed by atoms with van der Waals surface area (Å²) in [4.78, 5) is 22.4.